The summed E-state index contributed by atoms with van der Waals surface area (Å²) in [6.45, 7) is 0. The number of nitriles is 1. The number of allylic oxidation sites excluding steroid dienone is 1. The average Bonchev–Trinajstić information content (AvgIpc) is 3.08. The molecule has 0 aliphatic heterocycles. The van der Waals surface area contributed by atoms with Gasteiger partial charge in [-0.15, -0.1) is 0 Å². The van der Waals surface area contributed by atoms with Crippen molar-refractivity contribution >= 4 is 40.8 Å². The van der Waals surface area contributed by atoms with Crippen LogP contribution < -0.4 is 0 Å². The number of rotatable bonds is 4. The molecule has 0 bridgehead atoms. The van der Waals surface area contributed by atoms with Gasteiger partial charge in [-0.2, -0.15) is 5.26 Å². The Kier molecular flexibility index (Phi) is 5.13. The molecule has 1 heterocycles. The number of hydrogen-bond donors (Lipinski definition) is 1. The Morgan fingerprint density at radius 1 is 1.08 bits per heavy atom. The zero-order valence-corrected chi connectivity index (χ0v) is 14.8. The molecular formula is C20H11Cl2NO3. The molecule has 1 aromatic heterocycles. The van der Waals surface area contributed by atoms with Gasteiger partial charge in [0.05, 0.1) is 22.2 Å². The van der Waals surface area contributed by atoms with E-state index in [1.807, 2.05) is 0 Å². The van der Waals surface area contributed by atoms with Gasteiger partial charge in [0.25, 0.3) is 0 Å². The number of hydrogen-bond acceptors (Lipinski definition) is 3. The first-order valence-corrected chi connectivity index (χ1v) is 8.24. The maximum absolute atomic E-state index is 11.1. The van der Waals surface area contributed by atoms with Gasteiger partial charge in [-0.1, -0.05) is 35.3 Å². The predicted octanol–water partition coefficient (Wildman–Crippen LogP) is 6.02. The highest BCUT2D eigenvalue weighted by atomic mass is 35.5. The molecule has 2 aromatic carbocycles. The van der Waals surface area contributed by atoms with Gasteiger partial charge in [0.15, 0.2) is 0 Å². The summed E-state index contributed by atoms with van der Waals surface area (Å²) in [6.07, 6.45) is 1.59. The topological polar surface area (TPSA) is 74.2 Å². The van der Waals surface area contributed by atoms with E-state index in [4.69, 9.17) is 32.7 Å². The van der Waals surface area contributed by atoms with E-state index in [0.29, 0.717) is 38.3 Å². The molecular weight excluding hydrogens is 373 g/mol. The van der Waals surface area contributed by atoms with Crippen LogP contribution in [0, 0.1) is 11.3 Å². The van der Waals surface area contributed by atoms with Crippen molar-refractivity contribution in [3.05, 3.63) is 81.5 Å². The molecule has 0 atom stereocenters. The Morgan fingerprint density at radius 2 is 1.88 bits per heavy atom. The molecule has 0 spiro atoms. The largest absolute Gasteiger partial charge is 0.478 e. The van der Waals surface area contributed by atoms with Gasteiger partial charge in [0.1, 0.15) is 11.5 Å². The Balaban J connectivity index is 1.99. The number of aromatic carboxylic acids is 1. The highest BCUT2D eigenvalue weighted by Crippen LogP contribution is 2.31. The highest BCUT2D eigenvalue weighted by Gasteiger charge is 2.12. The van der Waals surface area contributed by atoms with E-state index in [0.717, 1.165) is 0 Å². The van der Waals surface area contributed by atoms with Crippen LogP contribution in [-0.2, 0) is 0 Å². The van der Waals surface area contributed by atoms with Crippen LogP contribution in [0.2, 0.25) is 10.0 Å². The molecule has 1 N–H and O–H groups in total. The van der Waals surface area contributed by atoms with Crippen LogP contribution in [0.3, 0.4) is 0 Å². The molecule has 0 aliphatic rings. The summed E-state index contributed by atoms with van der Waals surface area (Å²) in [6, 6.07) is 16.8. The quantitative estimate of drug-likeness (QED) is 0.559. The van der Waals surface area contributed by atoms with Gasteiger partial charge in [0.2, 0.25) is 0 Å². The maximum Gasteiger partial charge on any atom is 0.335 e. The number of carbonyl (C=O) groups is 1. The number of benzene rings is 2. The maximum atomic E-state index is 11.1. The highest BCUT2D eigenvalue weighted by molar-refractivity contribution is 6.33. The average molecular weight is 384 g/mol. The Labute approximate surface area is 159 Å². The number of carboxylic acids is 1. The summed E-state index contributed by atoms with van der Waals surface area (Å²) < 4.78 is 5.73. The molecule has 0 saturated heterocycles. The predicted molar refractivity (Wildman–Crippen MR) is 101 cm³/mol. The van der Waals surface area contributed by atoms with E-state index in [1.54, 1.807) is 42.5 Å². The van der Waals surface area contributed by atoms with Crippen molar-refractivity contribution in [3.63, 3.8) is 0 Å². The third-order valence-electron chi connectivity index (χ3n) is 3.65. The minimum atomic E-state index is -1.05. The smallest absolute Gasteiger partial charge is 0.335 e. The van der Waals surface area contributed by atoms with Gasteiger partial charge < -0.3 is 9.52 Å². The minimum Gasteiger partial charge on any atom is -0.478 e. The molecule has 128 valence electrons. The van der Waals surface area contributed by atoms with Gasteiger partial charge >= 0.3 is 5.97 Å². The van der Waals surface area contributed by atoms with Gasteiger partial charge in [-0.05, 0) is 54.1 Å². The van der Waals surface area contributed by atoms with Crippen molar-refractivity contribution in [1.82, 2.24) is 0 Å². The summed E-state index contributed by atoms with van der Waals surface area (Å²) in [5.74, 6) is -0.205. The van der Waals surface area contributed by atoms with Crippen LogP contribution in [0.4, 0.5) is 0 Å². The van der Waals surface area contributed by atoms with E-state index < -0.39 is 5.97 Å². The van der Waals surface area contributed by atoms with Crippen LogP contribution >= 0.6 is 23.2 Å². The van der Waals surface area contributed by atoms with Gasteiger partial charge in [0, 0.05) is 10.6 Å². The lowest BCUT2D eigenvalue weighted by Gasteiger charge is -2.03. The Morgan fingerprint density at radius 3 is 2.58 bits per heavy atom. The first-order valence-electron chi connectivity index (χ1n) is 7.48. The lowest BCUT2D eigenvalue weighted by molar-refractivity contribution is 0.0697. The second-order valence-corrected chi connectivity index (χ2v) is 6.23. The van der Waals surface area contributed by atoms with Crippen LogP contribution in [0.5, 0.6) is 0 Å². The SMILES string of the molecule is N#CC(=Cc1ccc(-c2cc(C(=O)O)ccc2Cl)o1)c1cccc(Cl)c1. The first kappa shape index (κ1) is 17.8. The molecule has 0 amide bonds. The third-order valence-corrected chi connectivity index (χ3v) is 4.21. The second kappa shape index (κ2) is 7.49. The molecule has 0 saturated carbocycles. The van der Waals surface area contributed by atoms with E-state index >= 15 is 0 Å². The third kappa shape index (κ3) is 3.80. The zero-order valence-electron chi connectivity index (χ0n) is 13.2. The van der Waals surface area contributed by atoms with Crippen molar-refractivity contribution in [2.45, 2.75) is 0 Å². The lowest BCUT2D eigenvalue weighted by Crippen LogP contribution is -1.96. The molecule has 3 aromatic rings. The second-order valence-electron chi connectivity index (χ2n) is 5.38. The summed E-state index contributed by atoms with van der Waals surface area (Å²) in [7, 11) is 0. The molecule has 4 nitrogen and oxygen atoms in total. The standard InChI is InChI=1S/C20H11Cl2NO3/c21-15-3-1-2-12(8-15)14(11-23)9-16-5-7-19(26-16)17-10-13(20(24)25)4-6-18(17)22/h1-10H,(H,24,25). The van der Waals surface area contributed by atoms with Crippen LogP contribution in [0.15, 0.2) is 59.0 Å². The summed E-state index contributed by atoms with van der Waals surface area (Å²) in [5.41, 5.74) is 1.63. The van der Waals surface area contributed by atoms with Crippen molar-refractivity contribution < 1.29 is 14.3 Å². The molecule has 0 fully saturated rings. The minimum absolute atomic E-state index is 0.106. The van der Waals surface area contributed by atoms with Crippen LogP contribution in [0.25, 0.3) is 23.0 Å². The number of halogens is 2. The Bertz CT molecular complexity index is 1060. The first-order chi connectivity index (χ1) is 12.5. The molecule has 26 heavy (non-hydrogen) atoms. The normalized spacial score (nSPS) is 11.2. The number of carboxylic acid groups (broad SMARTS) is 1. The summed E-state index contributed by atoms with van der Waals surface area (Å²) in [5, 5.41) is 19.4. The fourth-order valence-electron chi connectivity index (χ4n) is 2.40. The van der Waals surface area contributed by atoms with Crippen LogP contribution in [0.1, 0.15) is 21.7 Å². The van der Waals surface area contributed by atoms with Gasteiger partial charge in [-0.3, -0.25) is 0 Å². The zero-order chi connectivity index (χ0) is 18.7. The van der Waals surface area contributed by atoms with E-state index in [2.05, 4.69) is 6.07 Å². The fourth-order valence-corrected chi connectivity index (χ4v) is 2.80. The molecule has 0 unspecified atom stereocenters. The summed E-state index contributed by atoms with van der Waals surface area (Å²) in [4.78, 5) is 11.1. The molecule has 0 radical (unpaired) electrons. The van der Waals surface area contributed by atoms with E-state index in [-0.39, 0.29) is 5.56 Å². The van der Waals surface area contributed by atoms with E-state index in [1.165, 1.54) is 18.2 Å². The van der Waals surface area contributed by atoms with Crippen molar-refractivity contribution in [2.75, 3.05) is 0 Å². The van der Waals surface area contributed by atoms with Crippen molar-refractivity contribution in [3.8, 4) is 17.4 Å². The van der Waals surface area contributed by atoms with Crippen LogP contribution in [-0.4, -0.2) is 11.1 Å². The lowest BCUT2D eigenvalue weighted by atomic mass is 10.1. The summed E-state index contributed by atoms with van der Waals surface area (Å²) >= 11 is 12.1. The number of furan rings is 1. The number of nitrogens with zero attached hydrogens (tertiary/aromatic N) is 1. The van der Waals surface area contributed by atoms with Crippen molar-refractivity contribution in [2.24, 2.45) is 0 Å². The van der Waals surface area contributed by atoms with E-state index in [9.17, 15) is 10.1 Å². The molecule has 6 heteroatoms. The monoisotopic (exact) mass is 383 g/mol. The molecule has 0 aliphatic carbocycles. The van der Waals surface area contributed by atoms with Crippen molar-refractivity contribution in [1.29, 1.82) is 5.26 Å². The molecule has 3 rings (SSSR count). The Hall–Kier alpha value is -3.00. The van der Waals surface area contributed by atoms with Gasteiger partial charge in [-0.25, -0.2) is 4.79 Å². The fraction of sp³-hybridized carbons (Fsp3) is 0.